The Morgan fingerprint density at radius 2 is 1.96 bits per heavy atom. The molecule has 0 aromatic carbocycles. The first kappa shape index (κ1) is 15.3. The second-order valence-electron chi connectivity index (χ2n) is 5.37. The van der Waals surface area contributed by atoms with E-state index < -0.39 is 0 Å². The highest BCUT2D eigenvalue weighted by molar-refractivity contribution is 5.78. The zero-order valence-electron chi connectivity index (χ0n) is 14.1. The molecule has 0 saturated carbocycles. The predicted molar refractivity (Wildman–Crippen MR) is 91.8 cm³/mol. The van der Waals surface area contributed by atoms with Crippen molar-refractivity contribution in [2.24, 2.45) is 0 Å². The molecule has 0 bridgehead atoms. The molecule has 0 aliphatic heterocycles. The number of imidazole rings is 1. The van der Waals surface area contributed by atoms with Crippen molar-refractivity contribution in [3.63, 3.8) is 0 Å². The minimum atomic E-state index is 0.496. The molecule has 4 rings (SSSR count). The highest BCUT2D eigenvalue weighted by Crippen LogP contribution is 2.30. The lowest BCUT2D eigenvalue weighted by Crippen LogP contribution is -2.02. The van der Waals surface area contributed by atoms with Crippen LogP contribution < -0.4 is 9.47 Å². The van der Waals surface area contributed by atoms with E-state index in [0.717, 1.165) is 11.3 Å². The molecule has 0 unspecified atom stereocenters. The van der Waals surface area contributed by atoms with Crippen LogP contribution in [0.1, 0.15) is 12.6 Å². The summed E-state index contributed by atoms with van der Waals surface area (Å²) < 4.78 is 12.8. The fraction of sp³-hybridized carbons (Fsp3) is 0.235. The van der Waals surface area contributed by atoms with Gasteiger partial charge in [0.15, 0.2) is 17.1 Å². The number of hydrogen-bond acceptors (Lipinski definition) is 7. The maximum Gasteiger partial charge on any atom is 0.224 e. The number of pyridine rings is 2. The summed E-state index contributed by atoms with van der Waals surface area (Å²) in [6, 6.07) is 7.33. The SMILES string of the molecule is CCOc1ncccc1-c1nc(C)c2nnc3ccc(OC)nc3n12. The largest absolute Gasteiger partial charge is 0.481 e. The van der Waals surface area contributed by atoms with Crippen LogP contribution in [0.5, 0.6) is 11.8 Å². The fourth-order valence-corrected chi connectivity index (χ4v) is 2.71. The molecular formula is C17H16N6O2. The van der Waals surface area contributed by atoms with Crippen LogP contribution in [0.4, 0.5) is 0 Å². The molecule has 0 saturated heterocycles. The maximum absolute atomic E-state index is 5.66. The molecule has 4 heterocycles. The van der Waals surface area contributed by atoms with Gasteiger partial charge in [-0.25, -0.2) is 9.97 Å². The standard InChI is InChI=1S/C17H16N6O2/c1-4-25-17-11(6-5-9-18-17)15-19-10(2)14-22-21-12-7-8-13(24-3)20-16(12)23(14)15/h5-9H,4H2,1-3H3. The Balaban J connectivity index is 2.09. The lowest BCUT2D eigenvalue weighted by Gasteiger charge is -2.09. The minimum Gasteiger partial charge on any atom is -0.481 e. The first-order valence-corrected chi connectivity index (χ1v) is 7.87. The number of aromatic nitrogens is 6. The minimum absolute atomic E-state index is 0.496. The number of methoxy groups -OCH3 is 1. The molecular weight excluding hydrogens is 320 g/mol. The van der Waals surface area contributed by atoms with Crippen molar-refractivity contribution in [1.29, 1.82) is 0 Å². The third-order valence-corrected chi connectivity index (χ3v) is 3.82. The topological polar surface area (TPSA) is 87.3 Å². The van der Waals surface area contributed by atoms with E-state index in [1.54, 1.807) is 19.4 Å². The van der Waals surface area contributed by atoms with Crippen molar-refractivity contribution in [1.82, 2.24) is 29.5 Å². The molecule has 0 spiro atoms. The van der Waals surface area contributed by atoms with Gasteiger partial charge in [0.1, 0.15) is 5.52 Å². The Kier molecular flexibility index (Phi) is 3.64. The number of aryl methyl sites for hydroxylation is 1. The first-order chi connectivity index (χ1) is 12.2. The lowest BCUT2D eigenvalue weighted by atomic mass is 10.2. The summed E-state index contributed by atoms with van der Waals surface area (Å²) in [5.41, 5.74) is 3.42. The molecule has 0 radical (unpaired) electrons. The third-order valence-electron chi connectivity index (χ3n) is 3.82. The van der Waals surface area contributed by atoms with Gasteiger partial charge in [-0.15, -0.1) is 10.2 Å². The lowest BCUT2D eigenvalue weighted by molar-refractivity contribution is 0.328. The van der Waals surface area contributed by atoms with Gasteiger partial charge in [0.25, 0.3) is 0 Å². The molecule has 0 atom stereocenters. The summed E-state index contributed by atoms with van der Waals surface area (Å²) in [5.74, 6) is 1.67. The quantitative estimate of drug-likeness (QED) is 0.565. The van der Waals surface area contributed by atoms with Gasteiger partial charge in [0.2, 0.25) is 11.8 Å². The normalized spacial score (nSPS) is 11.2. The molecule has 0 amide bonds. The number of ether oxygens (including phenoxy) is 2. The summed E-state index contributed by atoms with van der Waals surface area (Å²) in [6.07, 6.45) is 1.69. The molecule has 0 fully saturated rings. The van der Waals surface area contributed by atoms with Crippen LogP contribution >= 0.6 is 0 Å². The van der Waals surface area contributed by atoms with Crippen LogP contribution in [0, 0.1) is 6.92 Å². The molecule has 0 aliphatic rings. The fourth-order valence-electron chi connectivity index (χ4n) is 2.71. The van der Waals surface area contributed by atoms with E-state index in [1.807, 2.05) is 36.4 Å². The number of hydrogen-bond donors (Lipinski definition) is 0. The monoisotopic (exact) mass is 336 g/mol. The van der Waals surface area contributed by atoms with Gasteiger partial charge in [0.05, 0.1) is 25.0 Å². The van der Waals surface area contributed by atoms with E-state index in [2.05, 4.69) is 25.1 Å². The van der Waals surface area contributed by atoms with Crippen molar-refractivity contribution in [2.75, 3.05) is 13.7 Å². The smallest absolute Gasteiger partial charge is 0.224 e. The average Bonchev–Trinajstić information content (AvgIpc) is 2.99. The van der Waals surface area contributed by atoms with Crippen molar-refractivity contribution in [3.05, 3.63) is 36.2 Å². The van der Waals surface area contributed by atoms with Crippen molar-refractivity contribution < 1.29 is 9.47 Å². The van der Waals surface area contributed by atoms with E-state index in [-0.39, 0.29) is 0 Å². The van der Waals surface area contributed by atoms with Crippen LogP contribution in [0.15, 0.2) is 30.5 Å². The number of rotatable bonds is 4. The summed E-state index contributed by atoms with van der Waals surface area (Å²) in [4.78, 5) is 13.5. The molecule has 4 aromatic rings. The van der Waals surface area contributed by atoms with E-state index in [1.165, 1.54) is 0 Å². The van der Waals surface area contributed by atoms with E-state index in [9.17, 15) is 0 Å². The molecule has 0 aliphatic carbocycles. The Morgan fingerprint density at radius 3 is 2.76 bits per heavy atom. The van der Waals surface area contributed by atoms with Crippen LogP contribution in [0.2, 0.25) is 0 Å². The van der Waals surface area contributed by atoms with Crippen molar-refractivity contribution >= 4 is 16.8 Å². The van der Waals surface area contributed by atoms with Gasteiger partial charge in [0, 0.05) is 12.3 Å². The van der Waals surface area contributed by atoms with Crippen LogP contribution in [0.3, 0.4) is 0 Å². The molecule has 4 aromatic heterocycles. The van der Waals surface area contributed by atoms with Crippen LogP contribution in [-0.4, -0.2) is 43.3 Å². The average molecular weight is 336 g/mol. The van der Waals surface area contributed by atoms with E-state index in [4.69, 9.17) is 9.47 Å². The van der Waals surface area contributed by atoms with Gasteiger partial charge >= 0.3 is 0 Å². The number of fused-ring (bicyclic) bond motifs is 3. The first-order valence-electron chi connectivity index (χ1n) is 7.87. The zero-order valence-corrected chi connectivity index (χ0v) is 14.1. The Morgan fingerprint density at radius 1 is 1.08 bits per heavy atom. The molecule has 8 nitrogen and oxygen atoms in total. The predicted octanol–water partition coefficient (Wildman–Crippen LogP) is 2.45. The second kappa shape index (κ2) is 5.97. The van der Waals surface area contributed by atoms with Crippen LogP contribution in [0.25, 0.3) is 28.2 Å². The van der Waals surface area contributed by atoms with E-state index >= 15 is 0 Å². The maximum atomic E-state index is 5.66. The Hall–Kier alpha value is -3.29. The van der Waals surface area contributed by atoms with Gasteiger partial charge in [-0.05, 0) is 32.0 Å². The van der Waals surface area contributed by atoms with Crippen LogP contribution in [-0.2, 0) is 0 Å². The summed E-state index contributed by atoms with van der Waals surface area (Å²) in [6.45, 7) is 4.32. The van der Waals surface area contributed by atoms with E-state index in [0.29, 0.717) is 41.0 Å². The molecule has 25 heavy (non-hydrogen) atoms. The van der Waals surface area contributed by atoms with Gasteiger partial charge in [-0.2, -0.15) is 4.98 Å². The van der Waals surface area contributed by atoms with Gasteiger partial charge in [-0.3, -0.25) is 4.40 Å². The Labute approximate surface area is 143 Å². The van der Waals surface area contributed by atoms with Crippen molar-refractivity contribution in [3.8, 4) is 23.1 Å². The van der Waals surface area contributed by atoms with Crippen molar-refractivity contribution in [2.45, 2.75) is 13.8 Å². The number of nitrogens with zero attached hydrogens (tertiary/aromatic N) is 6. The summed E-state index contributed by atoms with van der Waals surface area (Å²) in [7, 11) is 1.58. The molecule has 0 N–H and O–H groups in total. The molecule has 8 heteroatoms. The molecule has 126 valence electrons. The zero-order chi connectivity index (χ0) is 17.4. The summed E-state index contributed by atoms with van der Waals surface area (Å²) >= 11 is 0. The summed E-state index contributed by atoms with van der Waals surface area (Å²) in [5, 5.41) is 8.53. The third kappa shape index (κ3) is 2.42. The Bertz CT molecular complexity index is 1080. The van der Waals surface area contributed by atoms with Gasteiger partial charge in [-0.1, -0.05) is 0 Å². The highest BCUT2D eigenvalue weighted by Gasteiger charge is 2.19. The second-order valence-corrected chi connectivity index (χ2v) is 5.37. The van der Waals surface area contributed by atoms with Gasteiger partial charge < -0.3 is 9.47 Å². The highest BCUT2D eigenvalue weighted by atomic mass is 16.5.